The first-order chi connectivity index (χ1) is 10.7. The molecule has 0 heterocycles. The summed E-state index contributed by atoms with van der Waals surface area (Å²) in [5, 5.41) is 9.71. The van der Waals surface area contributed by atoms with Crippen molar-refractivity contribution in [3.8, 4) is 0 Å². The van der Waals surface area contributed by atoms with Crippen LogP contribution < -0.4 is 16.0 Å². The van der Waals surface area contributed by atoms with Crippen LogP contribution in [0.25, 0.3) is 0 Å². The number of carbonyl (C=O) groups is 1. The fourth-order valence-electron chi connectivity index (χ4n) is 2.36. The van der Waals surface area contributed by atoms with E-state index >= 15 is 0 Å². The number of hydrogen-bond acceptors (Lipinski definition) is 2. The van der Waals surface area contributed by atoms with Crippen LogP contribution in [-0.2, 0) is 4.79 Å². The Morgan fingerprint density at radius 1 is 1.22 bits per heavy atom. The van der Waals surface area contributed by atoms with Crippen LogP contribution in [0.3, 0.4) is 0 Å². The second-order valence-corrected chi connectivity index (χ2v) is 6.34. The lowest BCUT2D eigenvalue weighted by molar-refractivity contribution is -0.121. The number of nitrogens with one attached hydrogen (secondary N) is 3. The molecule has 1 rings (SSSR count). The van der Waals surface area contributed by atoms with Crippen molar-refractivity contribution in [2.24, 2.45) is 4.99 Å². The minimum absolute atomic E-state index is 0. The monoisotopic (exact) mass is 438 g/mol. The number of carbonyl (C=O) groups excluding carboxylic acids is 1. The van der Waals surface area contributed by atoms with E-state index in [1.807, 2.05) is 0 Å². The maximum atomic E-state index is 11.6. The summed E-state index contributed by atoms with van der Waals surface area (Å²) in [4.78, 5) is 15.8. The van der Waals surface area contributed by atoms with Crippen LogP contribution in [0.1, 0.15) is 71.6 Å². The van der Waals surface area contributed by atoms with Crippen molar-refractivity contribution in [2.75, 3.05) is 13.6 Å². The van der Waals surface area contributed by atoms with E-state index < -0.39 is 0 Å². The number of rotatable bonds is 11. The number of unbranched alkanes of at least 4 members (excludes halogenated alkanes) is 3. The van der Waals surface area contributed by atoms with E-state index in [-0.39, 0.29) is 29.9 Å². The van der Waals surface area contributed by atoms with Crippen LogP contribution in [-0.4, -0.2) is 37.5 Å². The first-order valence-corrected chi connectivity index (χ1v) is 8.92. The van der Waals surface area contributed by atoms with Gasteiger partial charge in [0.1, 0.15) is 0 Å². The van der Waals surface area contributed by atoms with Gasteiger partial charge in [0.15, 0.2) is 5.96 Å². The molecule has 0 aromatic heterocycles. The quantitative estimate of drug-likeness (QED) is 0.201. The molecule has 5 nitrogen and oxygen atoms in total. The third-order valence-electron chi connectivity index (χ3n) is 3.91. The normalized spacial score (nSPS) is 15.5. The summed E-state index contributed by atoms with van der Waals surface area (Å²) in [6.45, 7) is 5.21. The van der Waals surface area contributed by atoms with Gasteiger partial charge in [0.25, 0.3) is 0 Å². The zero-order valence-electron chi connectivity index (χ0n) is 15.0. The molecule has 0 radical (unpaired) electrons. The summed E-state index contributed by atoms with van der Waals surface area (Å²) in [7, 11) is 1.79. The van der Waals surface area contributed by atoms with Gasteiger partial charge >= 0.3 is 0 Å². The molecule has 0 aromatic rings. The Hall–Kier alpha value is -0.530. The zero-order chi connectivity index (χ0) is 16.2. The predicted octanol–water partition coefficient (Wildman–Crippen LogP) is 3.19. The van der Waals surface area contributed by atoms with Crippen molar-refractivity contribution in [3.05, 3.63) is 0 Å². The molecule has 1 amide bonds. The van der Waals surface area contributed by atoms with Gasteiger partial charge in [-0.3, -0.25) is 9.79 Å². The van der Waals surface area contributed by atoms with E-state index in [0.717, 1.165) is 31.8 Å². The lowest BCUT2D eigenvalue weighted by Crippen LogP contribution is -2.42. The molecule has 0 aliphatic heterocycles. The molecule has 136 valence electrons. The summed E-state index contributed by atoms with van der Waals surface area (Å²) >= 11 is 0. The highest BCUT2D eigenvalue weighted by Gasteiger charge is 2.22. The Morgan fingerprint density at radius 3 is 2.57 bits per heavy atom. The number of hydrogen-bond donors (Lipinski definition) is 3. The third-order valence-corrected chi connectivity index (χ3v) is 3.91. The summed E-state index contributed by atoms with van der Waals surface area (Å²) in [5.41, 5.74) is 0. The minimum atomic E-state index is 0. The number of aliphatic imine (C=N–C) groups is 1. The molecule has 3 N–H and O–H groups in total. The average molecular weight is 438 g/mol. The largest absolute Gasteiger partial charge is 0.356 e. The predicted molar refractivity (Wildman–Crippen MR) is 109 cm³/mol. The smallest absolute Gasteiger partial charge is 0.220 e. The molecule has 0 bridgehead atoms. The summed E-state index contributed by atoms with van der Waals surface area (Å²) in [6, 6.07) is 0.893. The Morgan fingerprint density at radius 2 is 1.96 bits per heavy atom. The second-order valence-electron chi connectivity index (χ2n) is 6.34. The topological polar surface area (TPSA) is 65.5 Å². The fraction of sp³-hybridized carbons (Fsp3) is 0.882. The minimum Gasteiger partial charge on any atom is -0.356 e. The average Bonchev–Trinajstić information content (AvgIpc) is 3.30. The summed E-state index contributed by atoms with van der Waals surface area (Å²) in [6.07, 6.45) is 10.1. The lowest BCUT2D eigenvalue weighted by atomic mass is 10.1. The van der Waals surface area contributed by atoms with Crippen LogP contribution in [0.5, 0.6) is 0 Å². The van der Waals surface area contributed by atoms with E-state index in [1.54, 1.807) is 7.05 Å². The molecule has 1 fully saturated rings. The molecule has 0 spiro atoms. The van der Waals surface area contributed by atoms with Gasteiger partial charge < -0.3 is 16.0 Å². The fourth-order valence-corrected chi connectivity index (χ4v) is 2.36. The van der Waals surface area contributed by atoms with Crippen molar-refractivity contribution in [2.45, 2.75) is 83.7 Å². The Labute approximate surface area is 158 Å². The molecule has 23 heavy (non-hydrogen) atoms. The molecule has 0 aromatic carbocycles. The van der Waals surface area contributed by atoms with E-state index in [0.29, 0.717) is 18.5 Å². The number of nitrogens with zero attached hydrogens (tertiary/aromatic N) is 1. The van der Waals surface area contributed by atoms with Crippen molar-refractivity contribution in [1.82, 2.24) is 16.0 Å². The molecule has 1 aliphatic carbocycles. The van der Waals surface area contributed by atoms with E-state index in [2.05, 4.69) is 34.8 Å². The Bertz CT molecular complexity index is 345. The van der Waals surface area contributed by atoms with Gasteiger partial charge in [0.05, 0.1) is 0 Å². The first kappa shape index (κ1) is 22.5. The highest BCUT2D eigenvalue weighted by atomic mass is 127. The van der Waals surface area contributed by atoms with Gasteiger partial charge in [-0.15, -0.1) is 24.0 Å². The van der Waals surface area contributed by atoms with Crippen LogP contribution in [0, 0.1) is 0 Å². The number of halogens is 1. The molecular formula is C17H35IN4O. The highest BCUT2D eigenvalue weighted by Crippen LogP contribution is 2.18. The molecule has 0 saturated heterocycles. The summed E-state index contributed by atoms with van der Waals surface area (Å²) < 4.78 is 0. The highest BCUT2D eigenvalue weighted by molar-refractivity contribution is 14.0. The van der Waals surface area contributed by atoms with E-state index in [1.165, 1.54) is 32.1 Å². The van der Waals surface area contributed by atoms with Gasteiger partial charge in [0.2, 0.25) is 5.91 Å². The molecule has 1 atom stereocenters. The van der Waals surface area contributed by atoms with E-state index in [9.17, 15) is 4.79 Å². The van der Waals surface area contributed by atoms with Crippen molar-refractivity contribution < 1.29 is 4.79 Å². The van der Waals surface area contributed by atoms with E-state index in [4.69, 9.17) is 0 Å². The van der Waals surface area contributed by atoms with Crippen molar-refractivity contribution in [3.63, 3.8) is 0 Å². The molecule has 1 saturated carbocycles. The molecule has 1 aliphatic rings. The Kier molecular flexibility index (Phi) is 13.5. The SMILES string of the molecule is CCCCCCC(C)NC(=NC)NCCCC(=O)NC1CC1.I. The van der Waals surface area contributed by atoms with Gasteiger partial charge in [-0.05, 0) is 32.6 Å². The van der Waals surface area contributed by atoms with Crippen molar-refractivity contribution in [1.29, 1.82) is 0 Å². The molecule has 6 heteroatoms. The Balaban J connectivity index is 0.00000484. The van der Waals surface area contributed by atoms with Crippen LogP contribution >= 0.6 is 24.0 Å². The van der Waals surface area contributed by atoms with Crippen LogP contribution in [0.15, 0.2) is 4.99 Å². The standard InChI is InChI=1S/C17H34N4O.HI/c1-4-5-6-7-9-14(2)20-17(18-3)19-13-8-10-16(22)21-15-11-12-15;/h14-15H,4-13H2,1-3H3,(H,21,22)(H2,18,19,20);1H. The number of amides is 1. The van der Waals surface area contributed by atoms with Gasteiger partial charge in [-0.1, -0.05) is 32.6 Å². The molecular weight excluding hydrogens is 403 g/mol. The third kappa shape index (κ3) is 12.5. The van der Waals surface area contributed by atoms with Gasteiger partial charge in [-0.2, -0.15) is 0 Å². The van der Waals surface area contributed by atoms with Gasteiger partial charge in [-0.25, -0.2) is 0 Å². The zero-order valence-corrected chi connectivity index (χ0v) is 17.3. The molecule has 1 unspecified atom stereocenters. The van der Waals surface area contributed by atoms with Gasteiger partial charge in [0, 0.05) is 32.1 Å². The van der Waals surface area contributed by atoms with Crippen LogP contribution in [0.4, 0.5) is 0 Å². The first-order valence-electron chi connectivity index (χ1n) is 8.92. The lowest BCUT2D eigenvalue weighted by Gasteiger charge is -2.17. The maximum absolute atomic E-state index is 11.6. The second kappa shape index (κ2) is 13.9. The summed E-state index contributed by atoms with van der Waals surface area (Å²) in [5.74, 6) is 1.02. The maximum Gasteiger partial charge on any atom is 0.220 e. The van der Waals surface area contributed by atoms with Crippen LogP contribution in [0.2, 0.25) is 0 Å². The van der Waals surface area contributed by atoms with Crippen molar-refractivity contribution >= 4 is 35.8 Å². The number of guanidine groups is 1.